The molecule has 2 heterocycles. The first kappa shape index (κ1) is 16.1. The van der Waals surface area contributed by atoms with Gasteiger partial charge in [-0.2, -0.15) is 5.26 Å². The van der Waals surface area contributed by atoms with Crippen LogP contribution in [0.4, 0.5) is 5.82 Å². The van der Waals surface area contributed by atoms with Crippen molar-refractivity contribution in [1.82, 2.24) is 15.0 Å². The highest BCUT2D eigenvalue weighted by Crippen LogP contribution is 2.38. The van der Waals surface area contributed by atoms with Gasteiger partial charge in [0, 0.05) is 18.8 Å². The summed E-state index contributed by atoms with van der Waals surface area (Å²) in [7, 11) is 0. The number of carbonyl (C=O) groups is 1. The van der Waals surface area contributed by atoms with Crippen LogP contribution in [0, 0.1) is 16.7 Å². The van der Waals surface area contributed by atoms with Crippen LogP contribution in [0.2, 0.25) is 0 Å². The van der Waals surface area contributed by atoms with E-state index in [9.17, 15) is 10.1 Å². The standard InChI is InChI=1S/C18H19N5O/c19-13-18(8-3-1-4-9-18)12-16(24)22-15-7-11-21-17(23-15)14-6-2-5-10-20-14/h2,5-7,10-11H,1,3-4,8-9,12H2,(H,21,22,23,24). The van der Waals surface area contributed by atoms with Crippen LogP contribution in [0.5, 0.6) is 0 Å². The molecule has 0 saturated heterocycles. The van der Waals surface area contributed by atoms with E-state index >= 15 is 0 Å². The van der Waals surface area contributed by atoms with Gasteiger partial charge in [-0.05, 0) is 31.0 Å². The molecule has 2 aromatic heterocycles. The second-order valence-corrected chi connectivity index (χ2v) is 6.16. The van der Waals surface area contributed by atoms with E-state index < -0.39 is 5.41 Å². The summed E-state index contributed by atoms with van der Waals surface area (Å²) in [6.45, 7) is 0. The Kier molecular flexibility index (Phi) is 4.80. The molecule has 122 valence electrons. The summed E-state index contributed by atoms with van der Waals surface area (Å²) in [5.41, 5.74) is 0.119. The maximum Gasteiger partial charge on any atom is 0.227 e. The van der Waals surface area contributed by atoms with Gasteiger partial charge in [0.05, 0.1) is 11.5 Å². The predicted molar refractivity (Wildman–Crippen MR) is 89.6 cm³/mol. The second-order valence-electron chi connectivity index (χ2n) is 6.16. The van der Waals surface area contributed by atoms with Gasteiger partial charge >= 0.3 is 0 Å². The number of carbonyl (C=O) groups excluding carboxylic acids is 1. The molecule has 0 spiro atoms. The number of pyridine rings is 1. The van der Waals surface area contributed by atoms with Crippen LogP contribution < -0.4 is 5.32 Å². The number of hydrogen-bond acceptors (Lipinski definition) is 5. The van der Waals surface area contributed by atoms with Crippen LogP contribution >= 0.6 is 0 Å². The molecule has 0 atom stereocenters. The summed E-state index contributed by atoms with van der Waals surface area (Å²) in [4.78, 5) is 25.1. The third-order valence-corrected chi connectivity index (χ3v) is 4.36. The number of nitriles is 1. The Hall–Kier alpha value is -2.81. The zero-order valence-electron chi connectivity index (χ0n) is 13.4. The number of aromatic nitrogens is 3. The SMILES string of the molecule is N#CC1(CC(=O)Nc2ccnc(-c3ccccn3)n2)CCCCC1. The van der Waals surface area contributed by atoms with Gasteiger partial charge in [0.15, 0.2) is 5.82 Å². The lowest BCUT2D eigenvalue weighted by atomic mass is 9.73. The first-order chi connectivity index (χ1) is 11.7. The van der Waals surface area contributed by atoms with Crippen LogP contribution in [0.15, 0.2) is 36.7 Å². The van der Waals surface area contributed by atoms with Gasteiger partial charge in [0.2, 0.25) is 5.91 Å². The molecule has 1 amide bonds. The highest BCUT2D eigenvalue weighted by Gasteiger charge is 2.34. The van der Waals surface area contributed by atoms with Crippen LogP contribution in [-0.2, 0) is 4.79 Å². The summed E-state index contributed by atoms with van der Waals surface area (Å²) >= 11 is 0. The minimum absolute atomic E-state index is 0.177. The fraction of sp³-hybridized carbons (Fsp3) is 0.389. The van der Waals surface area contributed by atoms with E-state index in [1.165, 1.54) is 0 Å². The van der Waals surface area contributed by atoms with Crippen molar-refractivity contribution in [2.75, 3.05) is 5.32 Å². The number of anilines is 1. The van der Waals surface area contributed by atoms with E-state index in [2.05, 4.69) is 26.3 Å². The summed E-state index contributed by atoms with van der Waals surface area (Å²) in [6.07, 6.45) is 8.23. The van der Waals surface area contributed by atoms with Crippen LogP contribution in [-0.4, -0.2) is 20.9 Å². The Morgan fingerprint density at radius 2 is 2.00 bits per heavy atom. The van der Waals surface area contributed by atoms with Crippen molar-refractivity contribution in [2.24, 2.45) is 5.41 Å². The molecular formula is C18H19N5O. The first-order valence-electron chi connectivity index (χ1n) is 8.16. The average molecular weight is 321 g/mol. The number of nitrogens with zero attached hydrogens (tertiary/aromatic N) is 4. The predicted octanol–water partition coefficient (Wildman–Crippen LogP) is 3.34. The maximum absolute atomic E-state index is 12.4. The van der Waals surface area contributed by atoms with Gasteiger partial charge in [0.1, 0.15) is 11.5 Å². The number of hydrogen-bond donors (Lipinski definition) is 1. The van der Waals surface area contributed by atoms with Crippen LogP contribution in [0.3, 0.4) is 0 Å². The average Bonchev–Trinajstić information content (AvgIpc) is 2.63. The minimum Gasteiger partial charge on any atom is -0.311 e. The zero-order valence-corrected chi connectivity index (χ0v) is 13.4. The number of rotatable bonds is 4. The monoisotopic (exact) mass is 321 g/mol. The van der Waals surface area contributed by atoms with Crippen molar-refractivity contribution in [2.45, 2.75) is 38.5 Å². The Bertz CT molecular complexity index is 748. The topological polar surface area (TPSA) is 91.6 Å². The smallest absolute Gasteiger partial charge is 0.227 e. The van der Waals surface area contributed by atoms with Gasteiger partial charge in [-0.25, -0.2) is 9.97 Å². The zero-order chi connectivity index (χ0) is 16.8. The molecule has 1 fully saturated rings. The minimum atomic E-state index is -0.529. The lowest BCUT2D eigenvalue weighted by Crippen LogP contribution is -2.28. The lowest BCUT2D eigenvalue weighted by molar-refractivity contribution is -0.118. The Morgan fingerprint density at radius 3 is 2.71 bits per heavy atom. The largest absolute Gasteiger partial charge is 0.311 e. The molecule has 1 N–H and O–H groups in total. The summed E-state index contributed by atoms with van der Waals surface area (Å²) in [5, 5.41) is 12.3. The highest BCUT2D eigenvalue weighted by atomic mass is 16.1. The van der Waals surface area contributed by atoms with Crippen LogP contribution in [0.25, 0.3) is 11.5 Å². The number of amides is 1. The lowest BCUT2D eigenvalue weighted by Gasteiger charge is -2.29. The van der Waals surface area contributed by atoms with Gasteiger partial charge in [0.25, 0.3) is 0 Å². The summed E-state index contributed by atoms with van der Waals surface area (Å²) in [5.74, 6) is 0.713. The molecule has 1 aliphatic rings. The first-order valence-corrected chi connectivity index (χ1v) is 8.16. The van der Waals surface area contributed by atoms with Crippen molar-refractivity contribution in [1.29, 1.82) is 5.26 Å². The van der Waals surface area contributed by atoms with Crippen LogP contribution in [0.1, 0.15) is 38.5 Å². The van der Waals surface area contributed by atoms with E-state index in [4.69, 9.17) is 0 Å². The second kappa shape index (κ2) is 7.18. The molecule has 0 bridgehead atoms. The molecule has 1 aliphatic carbocycles. The molecular weight excluding hydrogens is 302 g/mol. The normalized spacial score (nSPS) is 16.1. The van der Waals surface area contributed by atoms with Gasteiger partial charge in [-0.3, -0.25) is 9.78 Å². The van der Waals surface area contributed by atoms with Crippen molar-refractivity contribution in [3.8, 4) is 17.6 Å². The molecule has 2 aromatic rings. The molecule has 0 aliphatic heterocycles. The fourth-order valence-corrected chi connectivity index (χ4v) is 3.10. The van der Waals surface area contributed by atoms with Gasteiger partial charge < -0.3 is 5.32 Å². The number of nitrogens with one attached hydrogen (secondary N) is 1. The molecule has 3 rings (SSSR count). The summed E-state index contributed by atoms with van der Waals surface area (Å²) < 4.78 is 0. The Balaban J connectivity index is 1.70. The molecule has 24 heavy (non-hydrogen) atoms. The van der Waals surface area contributed by atoms with E-state index in [-0.39, 0.29) is 12.3 Å². The molecule has 6 heteroatoms. The Labute approximate surface area is 141 Å². The van der Waals surface area contributed by atoms with Gasteiger partial charge in [-0.1, -0.05) is 25.3 Å². The van der Waals surface area contributed by atoms with Crippen molar-refractivity contribution in [3.63, 3.8) is 0 Å². The van der Waals surface area contributed by atoms with Crippen molar-refractivity contribution in [3.05, 3.63) is 36.7 Å². The fourth-order valence-electron chi connectivity index (χ4n) is 3.10. The third-order valence-electron chi connectivity index (χ3n) is 4.36. The molecule has 1 saturated carbocycles. The molecule has 0 radical (unpaired) electrons. The third kappa shape index (κ3) is 3.74. The molecule has 0 unspecified atom stereocenters. The summed E-state index contributed by atoms with van der Waals surface area (Å²) in [6, 6.07) is 9.50. The van der Waals surface area contributed by atoms with E-state index in [0.717, 1.165) is 32.1 Å². The maximum atomic E-state index is 12.4. The Morgan fingerprint density at radius 1 is 1.17 bits per heavy atom. The quantitative estimate of drug-likeness (QED) is 0.932. The highest BCUT2D eigenvalue weighted by molar-refractivity contribution is 5.90. The molecule has 6 nitrogen and oxygen atoms in total. The van der Waals surface area contributed by atoms with E-state index in [1.807, 2.05) is 18.2 Å². The van der Waals surface area contributed by atoms with E-state index in [1.54, 1.807) is 18.5 Å². The van der Waals surface area contributed by atoms with Gasteiger partial charge in [-0.15, -0.1) is 0 Å². The van der Waals surface area contributed by atoms with Crippen molar-refractivity contribution < 1.29 is 4.79 Å². The van der Waals surface area contributed by atoms with Crippen molar-refractivity contribution >= 4 is 11.7 Å². The van der Waals surface area contributed by atoms with E-state index in [0.29, 0.717) is 17.3 Å². The molecule has 0 aromatic carbocycles.